The van der Waals surface area contributed by atoms with Crippen LogP contribution in [0, 0.1) is 0 Å². The van der Waals surface area contributed by atoms with Crippen molar-refractivity contribution in [1.29, 1.82) is 0 Å². The number of aromatic nitrogens is 1. The molecule has 23 heavy (non-hydrogen) atoms. The van der Waals surface area contributed by atoms with Gasteiger partial charge in [-0.1, -0.05) is 13.0 Å². The lowest BCUT2D eigenvalue weighted by Crippen LogP contribution is -2.28. The monoisotopic (exact) mass is 313 g/mol. The summed E-state index contributed by atoms with van der Waals surface area (Å²) < 4.78 is 5.49. The summed E-state index contributed by atoms with van der Waals surface area (Å²) in [6.45, 7) is 7.97. The van der Waals surface area contributed by atoms with Crippen LogP contribution in [0.15, 0.2) is 42.7 Å². The molecule has 2 rings (SSSR count). The van der Waals surface area contributed by atoms with Crippen molar-refractivity contribution in [2.75, 3.05) is 32.0 Å². The van der Waals surface area contributed by atoms with Gasteiger partial charge in [0.25, 0.3) is 0 Å². The summed E-state index contributed by atoms with van der Waals surface area (Å²) in [6.07, 6.45) is 5.77. The van der Waals surface area contributed by atoms with Gasteiger partial charge in [-0.2, -0.15) is 0 Å². The Balaban J connectivity index is 1.84. The SMILES string of the molecule is CCOc1ccc(CCN(CC)CCc2ccncc2)cc1N. The van der Waals surface area contributed by atoms with Crippen molar-refractivity contribution in [2.24, 2.45) is 0 Å². The van der Waals surface area contributed by atoms with E-state index in [1.165, 1.54) is 11.1 Å². The summed E-state index contributed by atoms with van der Waals surface area (Å²) in [5.74, 6) is 0.779. The second-order valence-corrected chi connectivity index (χ2v) is 5.59. The molecule has 2 aromatic rings. The van der Waals surface area contributed by atoms with Crippen LogP contribution in [0.4, 0.5) is 5.69 Å². The Labute approximate surface area is 139 Å². The lowest BCUT2D eigenvalue weighted by atomic mass is 10.1. The van der Waals surface area contributed by atoms with E-state index < -0.39 is 0 Å². The highest BCUT2D eigenvalue weighted by molar-refractivity contribution is 5.54. The smallest absolute Gasteiger partial charge is 0.142 e. The first-order chi connectivity index (χ1) is 11.2. The van der Waals surface area contributed by atoms with E-state index in [2.05, 4.69) is 35.0 Å². The van der Waals surface area contributed by atoms with E-state index in [-0.39, 0.29) is 0 Å². The lowest BCUT2D eigenvalue weighted by Gasteiger charge is -2.20. The van der Waals surface area contributed by atoms with Gasteiger partial charge in [-0.25, -0.2) is 0 Å². The molecular weight excluding hydrogens is 286 g/mol. The van der Waals surface area contributed by atoms with Crippen molar-refractivity contribution in [2.45, 2.75) is 26.7 Å². The molecular formula is C19H27N3O. The number of nitrogen functional groups attached to an aromatic ring is 1. The highest BCUT2D eigenvalue weighted by atomic mass is 16.5. The highest BCUT2D eigenvalue weighted by Crippen LogP contribution is 2.22. The molecule has 0 fully saturated rings. The minimum absolute atomic E-state index is 0.641. The third-order valence-corrected chi connectivity index (χ3v) is 4.00. The van der Waals surface area contributed by atoms with E-state index in [9.17, 15) is 0 Å². The van der Waals surface area contributed by atoms with Gasteiger partial charge < -0.3 is 15.4 Å². The van der Waals surface area contributed by atoms with Gasteiger partial charge in [0.05, 0.1) is 12.3 Å². The van der Waals surface area contributed by atoms with Crippen LogP contribution in [-0.4, -0.2) is 36.1 Å². The van der Waals surface area contributed by atoms with Gasteiger partial charge >= 0.3 is 0 Å². The molecule has 1 aromatic heterocycles. The zero-order valence-corrected chi connectivity index (χ0v) is 14.2. The Hall–Kier alpha value is -2.07. The summed E-state index contributed by atoms with van der Waals surface area (Å²) in [7, 11) is 0. The van der Waals surface area contributed by atoms with Gasteiger partial charge in [-0.15, -0.1) is 0 Å². The molecule has 124 valence electrons. The minimum Gasteiger partial charge on any atom is -0.492 e. The Kier molecular flexibility index (Phi) is 6.88. The van der Waals surface area contributed by atoms with E-state index in [4.69, 9.17) is 10.5 Å². The predicted molar refractivity (Wildman–Crippen MR) is 95.8 cm³/mol. The van der Waals surface area contributed by atoms with Crippen LogP contribution in [0.2, 0.25) is 0 Å². The molecule has 0 spiro atoms. The average molecular weight is 313 g/mol. The van der Waals surface area contributed by atoms with Gasteiger partial charge in [0.2, 0.25) is 0 Å². The van der Waals surface area contributed by atoms with Crippen molar-refractivity contribution in [3.63, 3.8) is 0 Å². The first-order valence-corrected chi connectivity index (χ1v) is 8.35. The number of nitrogens with two attached hydrogens (primary N) is 1. The largest absolute Gasteiger partial charge is 0.492 e. The zero-order chi connectivity index (χ0) is 16.5. The highest BCUT2D eigenvalue weighted by Gasteiger charge is 2.06. The van der Waals surface area contributed by atoms with Crippen LogP contribution in [0.3, 0.4) is 0 Å². The first-order valence-electron chi connectivity index (χ1n) is 8.35. The molecule has 0 aliphatic heterocycles. The topological polar surface area (TPSA) is 51.4 Å². The Morgan fingerprint density at radius 3 is 2.30 bits per heavy atom. The number of anilines is 1. The Morgan fingerprint density at radius 1 is 1.00 bits per heavy atom. The molecule has 4 nitrogen and oxygen atoms in total. The molecule has 0 saturated carbocycles. The number of hydrogen-bond donors (Lipinski definition) is 1. The van der Waals surface area contributed by atoms with Gasteiger partial charge in [0.1, 0.15) is 5.75 Å². The molecule has 1 heterocycles. The van der Waals surface area contributed by atoms with Gasteiger partial charge in [-0.3, -0.25) is 4.98 Å². The van der Waals surface area contributed by atoms with Crippen LogP contribution >= 0.6 is 0 Å². The summed E-state index contributed by atoms with van der Waals surface area (Å²) in [5.41, 5.74) is 9.36. The van der Waals surface area contributed by atoms with Crippen molar-refractivity contribution in [3.8, 4) is 5.75 Å². The fourth-order valence-corrected chi connectivity index (χ4v) is 2.59. The van der Waals surface area contributed by atoms with Crippen molar-refractivity contribution in [1.82, 2.24) is 9.88 Å². The first kappa shape index (κ1) is 17.3. The number of benzene rings is 1. The lowest BCUT2D eigenvalue weighted by molar-refractivity contribution is 0.295. The predicted octanol–water partition coefficient (Wildman–Crippen LogP) is 3.17. The molecule has 0 radical (unpaired) electrons. The third kappa shape index (κ3) is 5.57. The average Bonchev–Trinajstić information content (AvgIpc) is 2.58. The maximum Gasteiger partial charge on any atom is 0.142 e. The molecule has 2 N–H and O–H groups in total. The number of ether oxygens (including phenoxy) is 1. The molecule has 0 bridgehead atoms. The third-order valence-electron chi connectivity index (χ3n) is 4.00. The Bertz CT molecular complexity index is 586. The fraction of sp³-hybridized carbons (Fsp3) is 0.421. The van der Waals surface area contributed by atoms with E-state index in [0.717, 1.165) is 43.9 Å². The molecule has 0 amide bonds. The minimum atomic E-state index is 0.641. The second kappa shape index (κ2) is 9.16. The van der Waals surface area contributed by atoms with E-state index >= 15 is 0 Å². The van der Waals surface area contributed by atoms with Crippen LogP contribution < -0.4 is 10.5 Å². The summed E-state index contributed by atoms with van der Waals surface area (Å²) in [5, 5.41) is 0. The molecule has 1 aromatic carbocycles. The fourth-order valence-electron chi connectivity index (χ4n) is 2.59. The van der Waals surface area contributed by atoms with Crippen molar-refractivity contribution >= 4 is 5.69 Å². The number of nitrogens with zero attached hydrogens (tertiary/aromatic N) is 2. The zero-order valence-electron chi connectivity index (χ0n) is 14.2. The van der Waals surface area contributed by atoms with Crippen LogP contribution in [0.5, 0.6) is 5.75 Å². The van der Waals surface area contributed by atoms with Gasteiger partial charge in [0.15, 0.2) is 0 Å². The molecule has 4 heteroatoms. The normalized spacial score (nSPS) is 10.9. The number of rotatable bonds is 9. The van der Waals surface area contributed by atoms with Crippen LogP contribution in [0.1, 0.15) is 25.0 Å². The Morgan fingerprint density at radius 2 is 1.70 bits per heavy atom. The van der Waals surface area contributed by atoms with Crippen molar-refractivity contribution in [3.05, 3.63) is 53.9 Å². The quantitative estimate of drug-likeness (QED) is 0.723. The second-order valence-electron chi connectivity index (χ2n) is 5.59. The van der Waals surface area contributed by atoms with E-state index in [1.807, 2.05) is 31.5 Å². The number of likely N-dealkylation sites (N-methyl/N-ethyl adjacent to an activating group) is 1. The molecule has 0 saturated heterocycles. The molecule has 0 aliphatic rings. The summed E-state index contributed by atoms with van der Waals surface area (Å²) in [6, 6.07) is 10.3. The maximum absolute atomic E-state index is 6.04. The molecule has 0 unspecified atom stereocenters. The van der Waals surface area contributed by atoms with Gasteiger partial charge in [0, 0.05) is 25.5 Å². The van der Waals surface area contributed by atoms with Crippen LogP contribution in [-0.2, 0) is 12.8 Å². The summed E-state index contributed by atoms with van der Waals surface area (Å²) >= 11 is 0. The summed E-state index contributed by atoms with van der Waals surface area (Å²) in [4.78, 5) is 6.53. The van der Waals surface area contributed by atoms with E-state index in [0.29, 0.717) is 6.61 Å². The maximum atomic E-state index is 6.04. The van der Waals surface area contributed by atoms with E-state index in [1.54, 1.807) is 0 Å². The van der Waals surface area contributed by atoms with Crippen LogP contribution in [0.25, 0.3) is 0 Å². The van der Waals surface area contributed by atoms with Crippen molar-refractivity contribution < 1.29 is 4.74 Å². The molecule has 0 atom stereocenters. The standard InChI is InChI=1S/C19H27N3O/c1-3-22(13-9-16-7-11-21-12-8-16)14-10-17-5-6-19(23-4-2)18(20)15-17/h5-8,11-12,15H,3-4,9-10,13-14,20H2,1-2H3. The number of pyridine rings is 1. The number of hydrogen-bond acceptors (Lipinski definition) is 4. The van der Waals surface area contributed by atoms with Gasteiger partial charge in [-0.05, 0) is 61.7 Å². The molecule has 0 aliphatic carbocycles.